The van der Waals surface area contributed by atoms with Crippen LogP contribution in [0.25, 0.3) is 11.3 Å². The zero-order chi connectivity index (χ0) is 14.1. The number of nitrogens with zero attached hydrogens (tertiary/aromatic N) is 3. The van der Waals surface area contributed by atoms with Crippen LogP contribution in [0.2, 0.25) is 0 Å². The molecule has 1 aliphatic heterocycles. The molecule has 0 spiro atoms. The Morgan fingerprint density at radius 1 is 1.30 bits per heavy atom. The molecule has 0 bridgehead atoms. The van der Waals surface area contributed by atoms with Crippen molar-refractivity contribution in [2.75, 3.05) is 37.3 Å². The van der Waals surface area contributed by atoms with E-state index in [0.29, 0.717) is 12.4 Å². The standard InChI is InChI=1S/C14H17N5O/c1-18-6-7-19(9-14(18)20)12-5-3-2-4-10(12)11-8-13(15)17-16-11/h2-5,8H,6-7,9H2,1H3,(H3,15,16,17). The van der Waals surface area contributed by atoms with Crippen LogP contribution in [0.5, 0.6) is 0 Å². The molecular formula is C14H17N5O. The van der Waals surface area contributed by atoms with Crippen LogP contribution in [0.1, 0.15) is 0 Å². The van der Waals surface area contributed by atoms with Gasteiger partial charge in [0.05, 0.1) is 12.2 Å². The largest absolute Gasteiger partial charge is 0.382 e. The van der Waals surface area contributed by atoms with Gasteiger partial charge in [-0.1, -0.05) is 18.2 Å². The van der Waals surface area contributed by atoms with Crippen molar-refractivity contribution in [3.63, 3.8) is 0 Å². The maximum Gasteiger partial charge on any atom is 0.241 e. The molecule has 20 heavy (non-hydrogen) atoms. The van der Waals surface area contributed by atoms with E-state index in [4.69, 9.17) is 5.73 Å². The Morgan fingerprint density at radius 3 is 2.80 bits per heavy atom. The first-order chi connectivity index (χ1) is 9.65. The van der Waals surface area contributed by atoms with Gasteiger partial charge in [0.25, 0.3) is 0 Å². The molecule has 1 aromatic heterocycles. The molecule has 104 valence electrons. The van der Waals surface area contributed by atoms with Gasteiger partial charge in [0.1, 0.15) is 5.82 Å². The smallest absolute Gasteiger partial charge is 0.241 e. The molecule has 0 radical (unpaired) electrons. The highest BCUT2D eigenvalue weighted by molar-refractivity contribution is 5.86. The maximum absolute atomic E-state index is 11.9. The summed E-state index contributed by atoms with van der Waals surface area (Å²) in [5.74, 6) is 0.597. The van der Waals surface area contributed by atoms with E-state index in [1.54, 1.807) is 11.0 Å². The van der Waals surface area contributed by atoms with Gasteiger partial charge in [0, 0.05) is 37.5 Å². The highest BCUT2D eigenvalue weighted by Gasteiger charge is 2.23. The fraction of sp³-hybridized carbons (Fsp3) is 0.286. The van der Waals surface area contributed by atoms with Crippen LogP contribution in [-0.2, 0) is 4.79 Å². The Bertz CT molecular complexity index is 636. The minimum atomic E-state index is 0.134. The van der Waals surface area contributed by atoms with Crippen LogP contribution in [0.15, 0.2) is 30.3 Å². The first-order valence-corrected chi connectivity index (χ1v) is 6.54. The minimum absolute atomic E-state index is 0.134. The highest BCUT2D eigenvalue weighted by Crippen LogP contribution is 2.30. The molecule has 1 aromatic carbocycles. The van der Waals surface area contributed by atoms with Gasteiger partial charge < -0.3 is 15.5 Å². The summed E-state index contributed by atoms with van der Waals surface area (Å²) < 4.78 is 0. The van der Waals surface area contributed by atoms with Gasteiger partial charge in [-0.15, -0.1) is 0 Å². The molecule has 0 aliphatic carbocycles. The topological polar surface area (TPSA) is 78.2 Å². The molecule has 1 aliphatic rings. The second-order valence-corrected chi connectivity index (χ2v) is 4.96. The SMILES string of the molecule is CN1CCN(c2ccccc2-c2cc(N)n[nH]2)CC1=O. The van der Waals surface area contributed by atoms with Crippen LogP contribution >= 0.6 is 0 Å². The minimum Gasteiger partial charge on any atom is -0.382 e. The molecule has 3 rings (SSSR count). The van der Waals surface area contributed by atoms with Crippen molar-refractivity contribution in [3.05, 3.63) is 30.3 Å². The number of likely N-dealkylation sites (N-methyl/N-ethyl adjacent to an activating group) is 1. The zero-order valence-corrected chi connectivity index (χ0v) is 11.3. The average Bonchev–Trinajstić information content (AvgIpc) is 2.88. The number of nitrogen functional groups attached to an aromatic ring is 1. The number of carbonyl (C=O) groups is 1. The lowest BCUT2D eigenvalue weighted by molar-refractivity contribution is -0.129. The van der Waals surface area contributed by atoms with Gasteiger partial charge in [-0.25, -0.2) is 0 Å². The number of benzene rings is 1. The van der Waals surface area contributed by atoms with Crippen LogP contribution in [-0.4, -0.2) is 47.7 Å². The summed E-state index contributed by atoms with van der Waals surface area (Å²) in [6, 6.07) is 9.77. The van der Waals surface area contributed by atoms with Gasteiger partial charge >= 0.3 is 0 Å². The highest BCUT2D eigenvalue weighted by atomic mass is 16.2. The number of nitrogens with two attached hydrogens (primary N) is 1. The van der Waals surface area contributed by atoms with Crippen molar-refractivity contribution in [1.82, 2.24) is 15.1 Å². The summed E-state index contributed by atoms with van der Waals surface area (Å²) in [4.78, 5) is 15.7. The van der Waals surface area contributed by atoms with Crippen molar-refractivity contribution in [1.29, 1.82) is 0 Å². The van der Waals surface area contributed by atoms with Crippen molar-refractivity contribution in [2.24, 2.45) is 0 Å². The van der Waals surface area contributed by atoms with Crippen molar-refractivity contribution in [3.8, 4) is 11.3 Å². The number of H-pyrrole nitrogens is 1. The van der Waals surface area contributed by atoms with Gasteiger partial charge in [-0.3, -0.25) is 9.89 Å². The third-order valence-electron chi connectivity index (χ3n) is 3.59. The van der Waals surface area contributed by atoms with E-state index in [1.165, 1.54) is 0 Å². The van der Waals surface area contributed by atoms with E-state index < -0.39 is 0 Å². The predicted octanol–water partition coefficient (Wildman–Crippen LogP) is 0.937. The number of amides is 1. The maximum atomic E-state index is 11.9. The molecule has 0 saturated carbocycles. The van der Waals surface area contributed by atoms with E-state index in [2.05, 4.69) is 15.1 Å². The number of aromatic nitrogens is 2. The Morgan fingerprint density at radius 2 is 2.10 bits per heavy atom. The summed E-state index contributed by atoms with van der Waals surface area (Å²) in [5.41, 5.74) is 8.57. The Labute approximate surface area is 117 Å². The van der Waals surface area contributed by atoms with Gasteiger partial charge in [0.15, 0.2) is 0 Å². The lowest BCUT2D eigenvalue weighted by atomic mass is 10.1. The van der Waals surface area contributed by atoms with Crippen LogP contribution < -0.4 is 10.6 Å². The lowest BCUT2D eigenvalue weighted by Crippen LogP contribution is -2.48. The molecular weight excluding hydrogens is 254 g/mol. The molecule has 2 heterocycles. The molecule has 2 aromatic rings. The summed E-state index contributed by atoms with van der Waals surface area (Å²) in [7, 11) is 1.83. The molecule has 6 nitrogen and oxygen atoms in total. The predicted molar refractivity (Wildman–Crippen MR) is 78.3 cm³/mol. The van der Waals surface area contributed by atoms with E-state index in [9.17, 15) is 4.79 Å². The number of carbonyl (C=O) groups excluding carboxylic acids is 1. The number of hydrogen-bond donors (Lipinski definition) is 2. The molecule has 1 fully saturated rings. The van der Waals surface area contributed by atoms with Crippen molar-refractivity contribution >= 4 is 17.4 Å². The van der Waals surface area contributed by atoms with Crippen LogP contribution in [0.4, 0.5) is 11.5 Å². The van der Waals surface area contributed by atoms with E-state index in [1.807, 2.05) is 31.3 Å². The third kappa shape index (κ3) is 2.20. The number of aromatic amines is 1. The Kier molecular flexibility index (Phi) is 3.06. The van der Waals surface area contributed by atoms with Crippen LogP contribution in [0.3, 0.4) is 0 Å². The van der Waals surface area contributed by atoms with Crippen molar-refractivity contribution < 1.29 is 4.79 Å². The van der Waals surface area contributed by atoms with Gasteiger partial charge in [0.2, 0.25) is 5.91 Å². The van der Waals surface area contributed by atoms with Gasteiger partial charge in [-0.05, 0) is 6.07 Å². The second kappa shape index (κ2) is 4.88. The monoisotopic (exact) mass is 271 g/mol. The number of para-hydroxylation sites is 1. The number of piperazine rings is 1. The van der Waals surface area contributed by atoms with E-state index in [-0.39, 0.29) is 5.91 Å². The molecule has 0 atom stereocenters. The first-order valence-electron chi connectivity index (χ1n) is 6.54. The normalized spacial score (nSPS) is 15.8. The summed E-state index contributed by atoms with van der Waals surface area (Å²) in [6.07, 6.45) is 0. The Balaban J connectivity index is 1.96. The third-order valence-corrected chi connectivity index (χ3v) is 3.59. The summed E-state index contributed by atoms with van der Waals surface area (Å²) in [5, 5.41) is 6.89. The Hall–Kier alpha value is -2.50. The molecule has 1 amide bonds. The zero-order valence-electron chi connectivity index (χ0n) is 11.3. The molecule has 6 heteroatoms. The second-order valence-electron chi connectivity index (χ2n) is 4.96. The summed E-state index contributed by atoms with van der Waals surface area (Å²) >= 11 is 0. The molecule has 1 saturated heterocycles. The fourth-order valence-electron chi connectivity index (χ4n) is 2.42. The fourth-order valence-corrected chi connectivity index (χ4v) is 2.42. The molecule has 3 N–H and O–H groups in total. The van der Waals surface area contributed by atoms with Crippen molar-refractivity contribution in [2.45, 2.75) is 0 Å². The number of hydrogen-bond acceptors (Lipinski definition) is 4. The van der Waals surface area contributed by atoms with Gasteiger partial charge in [-0.2, -0.15) is 5.10 Å². The van der Waals surface area contributed by atoms with E-state index in [0.717, 1.165) is 30.0 Å². The number of nitrogens with one attached hydrogen (secondary N) is 1. The molecule has 0 unspecified atom stereocenters. The summed E-state index contributed by atoms with van der Waals surface area (Å²) in [6.45, 7) is 1.96. The lowest BCUT2D eigenvalue weighted by Gasteiger charge is -2.34. The quantitative estimate of drug-likeness (QED) is 0.852. The number of rotatable bonds is 2. The van der Waals surface area contributed by atoms with E-state index >= 15 is 0 Å². The van der Waals surface area contributed by atoms with Crippen LogP contribution in [0, 0.1) is 0 Å². The number of anilines is 2. The first kappa shape index (κ1) is 12.5. The average molecular weight is 271 g/mol.